The van der Waals surface area contributed by atoms with Crippen molar-refractivity contribution in [3.63, 3.8) is 0 Å². The van der Waals surface area contributed by atoms with Gasteiger partial charge in [-0.3, -0.25) is 9.13 Å². The molecule has 0 aliphatic heterocycles. The Morgan fingerprint density at radius 1 is 1.04 bits per heavy atom. The number of benzene rings is 2. The number of allylic oxidation sites excluding steroid dienone is 1. The van der Waals surface area contributed by atoms with Gasteiger partial charge in [-0.25, -0.2) is 4.79 Å². The van der Waals surface area contributed by atoms with Gasteiger partial charge >= 0.3 is 5.69 Å². The predicted molar refractivity (Wildman–Crippen MR) is 114 cm³/mol. The number of unbranched alkanes of at least 4 members (excludes halogenated alkanes) is 1. The summed E-state index contributed by atoms with van der Waals surface area (Å²) < 4.78 is 14.7. The molecule has 1 heterocycles. The average molecular weight is 380 g/mol. The lowest BCUT2D eigenvalue weighted by Crippen LogP contribution is -2.23. The molecule has 148 valence electrons. The van der Waals surface area contributed by atoms with Crippen LogP contribution in [0.5, 0.6) is 11.5 Å². The fourth-order valence-corrected chi connectivity index (χ4v) is 3.38. The van der Waals surface area contributed by atoms with Crippen molar-refractivity contribution >= 4 is 16.7 Å². The summed E-state index contributed by atoms with van der Waals surface area (Å²) in [5.74, 6) is 1.47. The first-order valence-electron chi connectivity index (χ1n) is 9.58. The zero-order valence-corrected chi connectivity index (χ0v) is 17.1. The SMILES string of the molecule is C=C(C)n1c(=O)n(CCCCOc2ccccc2OC)c2cc(C)c(C)cc21. The summed E-state index contributed by atoms with van der Waals surface area (Å²) in [6, 6.07) is 11.8. The Kier molecular flexibility index (Phi) is 5.93. The van der Waals surface area contributed by atoms with Crippen LogP contribution in [0.15, 0.2) is 47.8 Å². The zero-order valence-electron chi connectivity index (χ0n) is 17.1. The summed E-state index contributed by atoms with van der Waals surface area (Å²) in [5.41, 5.74) is 4.94. The summed E-state index contributed by atoms with van der Waals surface area (Å²) in [7, 11) is 1.63. The van der Waals surface area contributed by atoms with E-state index in [9.17, 15) is 4.79 Å². The minimum atomic E-state index is -0.0295. The number of imidazole rings is 1. The molecule has 0 atom stereocenters. The van der Waals surface area contributed by atoms with Crippen molar-refractivity contribution in [3.05, 3.63) is 64.6 Å². The minimum Gasteiger partial charge on any atom is -0.493 e. The Morgan fingerprint density at radius 3 is 2.32 bits per heavy atom. The van der Waals surface area contributed by atoms with Crippen molar-refractivity contribution in [3.8, 4) is 11.5 Å². The maximum atomic E-state index is 12.9. The van der Waals surface area contributed by atoms with Gasteiger partial charge in [0, 0.05) is 12.2 Å². The highest BCUT2D eigenvalue weighted by molar-refractivity contribution is 5.81. The summed E-state index contributed by atoms with van der Waals surface area (Å²) in [4.78, 5) is 12.9. The number of aryl methyl sites for hydroxylation is 3. The summed E-state index contributed by atoms with van der Waals surface area (Å²) in [5, 5.41) is 0. The minimum absolute atomic E-state index is 0.0295. The first kappa shape index (κ1) is 19.8. The molecule has 0 saturated carbocycles. The number of fused-ring (bicyclic) bond motifs is 1. The van der Waals surface area contributed by atoms with Gasteiger partial charge in [0.05, 0.1) is 24.8 Å². The maximum Gasteiger partial charge on any atom is 0.333 e. The van der Waals surface area contributed by atoms with Gasteiger partial charge in [0.2, 0.25) is 0 Å². The molecule has 0 aliphatic rings. The quantitative estimate of drug-likeness (QED) is 0.529. The molecule has 0 radical (unpaired) electrons. The van der Waals surface area contributed by atoms with Gasteiger partial charge in [-0.15, -0.1) is 0 Å². The van der Waals surface area contributed by atoms with E-state index >= 15 is 0 Å². The second-order valence-corrected chi connectivity index (χ2v) is 7.14. The first-order chi connectivity index (χ1) is 13.4. The van der Waals surface area contributed by atoms with E-state index < -0.39 is 0 Å². The molecule has 0 spiro atoms. The van der Waals surface area contributed by atoms with Gasteiger partial charge < -0.3 is 9.47 Å². The highest BCUT2D eigenvalue weighted by Crippen LogP contribution is 2.26. The Labute approximate surface area is 165 Å². The first-order valence-corrected chi connectivity index (χ1v) is 9.58. The van der Waals surface area contributed by atoms with Crippen LogP contribution in [0, 0.1) is 13.8 Å². The Morgan fingerprint density at radius 2 is 1.68 bits per heavy atom. The Balaban J connectivity index is 1.72. The Hall–Kier alpha value is -2.95. The number of para-hydroxylation sites is 2. The van der Waals surface area contributed by atoms with E-state index in [2.05, 4.69) is 32.6 Å². The summed E-state index contributed by atoms with van der Waals surface area (Å²) in [6.07, 6.45) is 1.69. The third-order valence-corrected chi connectivity index (χ3v) is 5.03. The van der Waals surface area contributed by atoms with E-state index in [0.717, 1.165) is 41.1 Å². The number of rotatable bonds is 8. The molecule has 5 heteroatoms. The lowest BCUT2D eigenvalue weighted by molar-refractivity contribution is 0.284. The van der Waals surface area contributed by atoms with Crippen LogP contribution in [0.25, 0.3) is 16.7 Å². The second kappa shape index (κ2) is 8.38. The molecule has 0 unspecified atom stereocenters. The fraction of sp³-hybridized carbons (Fsp3) is 0.348. The summed E-state index contributed by atoms with van der Waals surface area (Å²) in [6.45, 7) is 11.2. The smallest absolute Gasteiger partial charge is 0.333 e. The molecular weight excluding hydrogens is 352 g/mol. The monoisotopic (exact) mass is 380 g/mol. The third-order valence-electron chi connectivity index (χ3n) is 5.03. The number of hydrogen-bond acceptors (Lipinski definition) is 3. The standard InChI is InChI=1S/C23H28N2O3/c1-16(2)25-20-15-18(4)17(3)14-19(20)24(23(25)26)12-8-9-13-28-22-11-7-6-10-21(22)27-5/h6-7,10-11,14-15H,1,8-9,12-13H2,2-5H3. The molecule has 0 saturated heterocycles. The third kappa shape index (κ3) is 3.84. The van der Waals surface area contributed by atoms with Gasteiger partial charge in [0.1, 0.15) is 0 Å². The largest absolute Gasteiger partial charge is 0.493 e. The molecule has 0 N–H and O–H groups in total. The van der Waals surface area contributed by atoms with Gasteiger partial charge in [-0.05, 0) is 69.0 Å². The average Bonchev–Trinajstić information content (AvgIpc) is 2.93. The molecule has 5 nitrogen and oxygen atoms in total. The van der Waals surface area contributed by atoms with E-state index in [1.54, 1.807) is 11.7 Å². The van der Waals surface area contributed by atoms with E-state index in [0.29, 0.717) is 13.2 Å². The topological polar surface area (TPSA) is 45.4 Å². The van der Waals surface area contributed by atoms with Crippen LogP contribution in [0.1, 0.15) is 30.9 Å². The second-order valence-electron chi connectivity index (χ2n) is 7.14. The molecule has 0 aliphatic carbocycles. The van der Waals surface area contributed by atoms with Crippen LogP contribution in [-0.4, -0.2) is 22.9 Å². The van der Waals surface area contributed by atoms with Crippen molar-refractivity contribution in [2.24, 2.45) is 0 Å². The number of methoxy groups -OCH3 is 1. The van der Waals surface area contributed by atoms with E-state index in [1.165, 1.54) is 11.1 Å². The van der Waals surface area contributed by atoms with Crippen LogP contribution in [0.3, 0.4) is 0 Å². The lowest BCUT2D eigenvalue weighted by Gasteiger charge is -2.10. The van der Waals surface area contributed by atoms with Crippen molar-refractivity contribution in [1.29, 1.82) is 0 Å². The number of hydrogen-bond donors (Lipinski definition) is 0. The molecule has 2 aromatic carbocycles. The van der Waals surface area contributed by atoms with E-state index in [1.807, 2.05) is 35.8 Å². The maximum absolute atomic E-state index is 12.9. The van der Waals surface area contributed by atoms with Crippen LogP contribution < -0.4 is 15.2 Å². The molecule has 0 amide bonds. The van der Waals surface area contributed by atoms with E-state index in [4.69, 9.17) is 9.47 Å². The van der Waals surface area contributed by atoms with Crippen molar-refractivity contribution < 1.29 is 9.47 Å². The van der Waals surface area contributed by atoms with Crippen molar-refractivity contribution in [1.82, 2.24) is 9.13 Å². The van der Waals surface area contributed by atoms with Crippen LogP contribution >= 0.6 is 0 Å². The molecule has 0 fully saturated rings. The molecule has 1 aromatic heterocycles. The van der Waals surface area contributed by atoms with Gasteiger partial charge in [0.25, 0.3) is 0 Å². The van der Waals surface area contributed by atoms with Gasteiger partial charge in [0.15, 0.2) is 11.5 Å². The highest BCUT2D eigenvalue weighted by atomic mass is 16.5. The zero-order chi connectivity index (χ0) is 20.3. The Bertz CT molecular complexity index is 1060. The normalized spacial score (nSPS) is 11.0. The number of aromatic nitrogens is 2. The fourth-order valence-electron chi connectivity index (χ4n) is 3.38. The van der Waals surface area contributed by atoms with Crippen LogP contribution in [-0.2, 0) is 6.54 Å². The van der Waals surface area contributed by atoms with Crippen LogP contribution in [0.2, 0.25) is 0 Å². The van der Waals surface area contributed by atoms with Gasteiger partial charge in [-0.2, -0.15) is 0 Å². The molecule has 28 heavy (non-hydrogen) atoms. The van der Waals surface area contributed by atoms with Crippen molar-refractivity contribution in [2.45, 2.75) is 40.2 Å². The van der Waals surface area contributed by atoms with E-state index in [-0.39, 0.29) is 5.69 Å². The number of nitrogens with zero attached hydrogens (tertiary/aromatic N) is 2. The number of ether oxygens (including phenoxy) is 2. The van der Waals surface area contributed by atoms with Gasteiger partial charge in [-0.1, -0.05) is 18.7 Å². The lowest BCUT2D eigenvalue weighted by atomic mass is 10.1. The molecule has 3 aromatic rings. The molecule has 3 rings (SSSR count). The van der Waals surface area contributed by atoms with Crippen molar-refractivity contribution in [2.75, 3.05) is 13.7 Å². The molecule has 0 bridgehead atoms. The predicted octanol–water partition coefficient (Wildman–Crippen LogP) is 4.78. The summed E-state index contributed by atoms with van der Waals surface area (Å²) >= 11 is 0. The molecular formula is C23H28N2O3. The van der Waals surface area contributed by atoms with Crippen LogP contribution in [0.4, 0.5) is 0 Å². The highest BCUT2D eigenvalue weighted by Gasteiger charge is 2.14.